The molecule has 0 heteroatoms. The molecule has 0 saturated carbocycles. The molecule has 7 rings (SSSR count). The smallest absolute Gasteiger partial charge is 0.0159 e. The Bertz CT molecular complexity index is 2220. The van der Waals surface area contributed by atoms with Gasteiger partial charge in [-0.15, -0.1) is 0 Å². The van der Waals surface area contributed by atoms with Crippen molar-refractivity contribution in [2.24, 2.45) is 0 Å². The maximum absolute atomic E-state index is 2.44. The Labute approximate surface area is 357 Å². The Morgan fingerprint density at radius 3 is 0.797 bits per heavy atom. The first-order valence-electron chi connectivity index (χ1n) is 21.7. The zero-order chi connectivity index (χ0) is 42.7. The van der Waals surface area contributed by atoms with E-state index < -0.39 is 0 Å². The second-order valence-corrected chi connectivity index (χ2v) is 21.7. The average Bonchev–Trinajstić information content (AvgIpc) is 3.39. The van der Waals surface area contributed by atoms with Crippen molar-refractivity contribution < 1.29 is 0 Å². The number of benzene rings is 6. The van der Waals surface area contributed by atoms with Crippen molar-refractivity contribution in [3.63, 3.8) is 0 Å². The van der Waals surface area contributed by atoms with Gasteiger partial charge >= 0.3 is 0 Å². The molecule has 0 fully saturated rings. The molecule has 302 valence electrons. The van der Waals surface area contributed by atoms with Crippen molar-refractivity contribution in [3.05, 3.63) is 200 Å². The summed E-state index contributed by atoms with van der Waals surface area (Å²) in [7, 11) is 0. The summed E-state index contributed by atoms with van der Waals surface area (Å²) in [5, 5.41) is 0. The highest BCUT2D eigenvalue weighted by Crippen LogP contribution is 2.50. The van der Waals surface area contributed by atoms with Crippen LogP contribution in [0.25, 0.3) is 34.4 Å². The van der Waals surface area contributed by atoms with E-state index in [9.17, 15) is 0 Å². The Morgan fingerprint density at radius 1 is 0.339 bits per heavy atom. The molecule has 0 saturated heterocycles. The van der Waals surface area contributed by atoms with E-state index in [4.69, 9.17) is 0 Å². The summed E-state index contributed by atoms with van der Waals surface area (Å²) in [4.78, 5) is 0. The van der Waals surface area contributed by atoms with E-state index in [0.717, 1.165) is 0 Å². The lowest BCUT2D eigenvalue weighted by Gasteiger charge is -2.23. The first-order chi connectivity index (χ1) is 27.5. The first-order valence-corrected chi connectivity index (χ1v) is 21.7. The van der Waals surface area contributed by atoms with Crippen molar-refractivity contribution >= 4 is 23.3 Å². The lowest BCUT2D eigenvalue weighted by Crippen LogP contribution is -2.15. The van der Waals surface area contributed by atoms with Gasteiger partial charge in [-0.3, -0.25) is 0 Å². The van der Waals surface area contributed by atoms with Gasteiger partial charge < -0.3 is 0 Å². The minimum Gasteiger partial charge on any atom is -0.0579 e. The number of hydrogen-bond donors (Lipinski definition) is 0. The summed E-state index contributed by atoms with van der Waals surface area (Å²) >= 11 is 0. The predicted octanol–water partition coefficient (Wildman–Crippen LogP) is 16.4. The normalized spacial score (nSPS) is 13.7. The minimum absolute atomic E-state index is 0.101. The van der Waals surface area contributed by atoms with Crippen molar-refractivity contribution in [1.29, 1.82) is 0 Å². The molecule has 0 nitrogen and oxygen atoms in total. The van der Waals surface area contributed by atoms with Gasteiger partial charge in [0.25, 0.3) is 0 Å². The van der Waals surface area contributed by atoms with Crippen LogP contribution in [0, 0.1) is 0 Å². The van der Waals surface area contributed by atoms with Crippen LogP contribution in [-0.2, 0) is 27.1 Å². The van der Waals surface area contributed by atoms with Crippen molar-refractivity contribution in [3.8, 4) is 11.1 Å². The molecule has 0 N–H and O–H groups in total. The minimum atomic E-state index is -0.163. The predicted molar refractivity (Wildman–Crippen MR) is 259 cm³/mol. The molecular weight excluding hydrogens is 709 g/mol. The SMILES string of the molecule is CC(C)(C)c1ccc(C(=Cc2ccc3c(c2)C(C)(C)c2cc(C=C(c4ccc(C(C)(C)C)cc4)c4ccc(C(C)(C)C)cc4)ccc2-3)c2ccc(C(C)(C)C)cc2)cc1. The molecule has 0 aliphatic heterocycles. The Hall–Kier alpha value is -5.20. The molecule has 1 aliphatic rings. The summed E-state index contributed by atoms with van der Waals surface area (Å²) in [5.74, 6) is 0. The largest absolute Gasteiger partial charge is 0.0579 e. The second-order valence-electron chi connectivity index (χ2n) is 21.7. The maximum atomic E-state index is 2.44. The van der Waals surface area contributed by atoms with Gasteiger partial charge in [0.05, 0.1) is 0 Å². The Kier molecular flexibility index (Phi) is 10.7. The van der Waals surface area contributed by atoms with E-state index in [1.165, 1.54) is 89.0 Å². The fourth-order valence-electron chi connectivity index (χ4n) is 8.55. The third-order valence-electron chi connectivity index (χ3n) is 12.6. The lowest BCUT2D eigenvalue weighted by atomic mass is 9.81. The van der Waals surface area contributed by atoms with Crippen molar-refractivity contribution in [1.82, 2.24) is 0 Å². The lowest BCUT2D eigenvalue weighted by molar-refractivity contribution is 0.590. The van der Waals surface area contributed by atoms with E-state index in [1.807, 2.05) is 0 Å². The van der Waals surface area contributed by atoms with Crippen LogP contribution in [0.1, 0.15) is 164 Å². The molecule has 0 bridgehead atoms. The van der Waals surface area contributed by atoms with Gasteiger partial charge in [-0.25, -0.2) is 0 Å². The van der Waals surface area contributed by atoms with E-state index in [2.05, 4.69) is 243 Å². The summed E-state index contributed by atoms with van der Waals surface area (Å²) in [5.41, 5.74) is 20.9. The van der Waals surface area contributed by atoms with Crippen LogP contribution in [0.15, 0.2) is 133 Å². The molecule has 59 heavy (non-hydrogen) atoms. The topological polar surface area (TPSA) is 0 Å². The Morgan fingerprint density at radius 2 is 0.576 bits per heavy atom. The first kappa shape index (κ1) is 41.9. The van der Waals surface area contributed by atoms with E-state index in [1.54, 1.807) is 0 Å². The van der Waals surface area contributed by atoms with Crippen LogP contribution < -0.4 is 0 Å². The monoisotopic (exact) mass is 775 g/mol. The second kappa shape index (κ2) is 15.1. The standard InChI is InChI=1S/C59H66/c1-55(2,3)45-25-17-41(18-26-45)51(42-19-27-46(28-20-42)56(4,5)6)35-39-15-33-49-50-34-16-40(38-54(50)59(13,14)53(49)37-39)36-52(43-21-29-47(30-22-43)57(7,8)9)44-23-31-48(32-24-44)58(10,11)12/h15-38H,1-14H3. The van der Waals surface area contributed by atoms with Crippen LogP contribution in [0.2, 0.25) is 0 Å². The van der Waals surface area contributed by atoms with Gasteiger partial charge in [-0.1, -0.05) is 230 Å². The molecule has 0 spiro atoms. The fraction of sp³-hybridized carbons (Fsp3) is 0.322. The quantitative estimate of drug-likeness (QED) is 0.148. The average molecular weight is 775 g/mol. The van der Waals surface area contributed by atoms with Crippen LogP contribution >= 0.6 is 0 Å². The third-order valence-corrected chi connectivity index (χ3v) is 12.6. The summed E-state index contributed by atoms with van der Waals surface area (Å²) < 4.78 is 0. The molecule has 6 aromatic carbocycles. The molecule has 0 heterocycles. The summed E-state index contributed by atoms with van der Waals surface area (Å²) in [6.07, 6.45) is 4.79. The highest BCUT2D eigenvalue weighted by atomic mass is 14.4. The third kappa shape index (κ3) is 8.75. The fourth-order valence-corrected chi connectivity index (χ4v) is 8.55. The van der Waals surface area contributed by atoms with Crippen molar-refractivity contribution in [2.45, 2.75) is 124 Å². The molecule has 0 radical (unpaired) electrons. The highest BCUT2D eigenvalue weighted by molar-refractivity contribution is 5.94. The van der Waals surface area contributed by atoms with Gasteiger partial charge in [-0.2, -0.15) is 0 Å². The molecule has 0 amide bonds. The van der Waals surface area contributed by atoms with E-state index >= 15 is 0 Å². The summed E-state index contributed by atoms with van der Waals surface area (Å²) in [6, 6.07) is 51.0. The molecule has 0 unspecified atom stereocenters. The zero-order valence-electron chi connectivity index (χ0n) is 38.4. The van der Waals surface area contributed by atoms with Gasteiger partial charge in [0, 0.05) is 5.41 Å². The van der Waals surface area contributed by atoms with Crippen LogP contribution in [0.5, 0.6) is 0 Å². The van der Waals surface area contributed by atoms with Crippen LogP contribution in [-0.4, -0.2) is 0 Å². The van der Waals surface area contributed by atoms with E-state index in [0.29, 0.717) is 0 Å². The number of rotatable bonds is 6. The maximum Gasteiger partial charge on any atom is 0.0159 e. The van der Waals surface area contributed by atoms with Gasteiger partial charge in [-0.05, 0) is 123 Å². The highest BCUT2D eigenvalue weighted by Gasteiger charge is 2.35. The molecule has 6 aromatic rings. The Balaban J connectivity index is 1.29. The van der Waals surface area contributed by atoms with Crippen LogP contribution in [0.4, 0.5) is 0 Å². The van der Waals surface area contributed by atoms with Crippen LogP contribution in [0.3, 0.4) is 0 Å². The summed E-state index contributed by atoms with van der Waals surface area (Å²) in [6.45, 7) is 32.2. The molecular formula is C59H66. The van der Waals surface area contributed by atoms with Gasteiger partial charge in [0.2, 0.25) is 0 Å². The van der Waals surface area contributed by atoms with Gasteiger partial charge in [0.1, 0.15) is 0 Å². The van der Waals surface area contributed by atoms with E-state index in [-0.39, 0.29) is 27.1 Å². The molecule has 0 atom stereocenters. The number of hydrogen-bond acceptors (Lipinski definition) is 0. The molecule has 1 aliphatic carbocycles. The van der Waals surface area contributed by atoms with Crippen molar-refractivity contribution in [2.75, 3.05) is 0 Å². The van der Waals surface area contributed by atoms with Gasteiger partial charge in [0.15, 0.2) is 0 Å². The molecule has 0 aromatic heterocycles. The zero-order valence-corrected chi connectivity index (χ0v) is 38.4. The number of fused-ring (bicyclic) bond motifs is 3.